The number of carbonyl (C=O) groups excluding carboxylic acids is 2. The summed E-state index contributed by atoms with van der Waals surface area (Å²) >= 11 is 1.36. The maximum absolute atomic E-state index is 12.0. The van der Waals surface area contributed by atoms with E-state index in [0.29, 0.717) is 16.4 Å². The molecule has 2 aromatic rings. The normalized spacial score (nSPS) is 10.1. The number of ether oxygens (including phenoxy) is 1. The fraction of sp³-hybridized carbons (Fsp3) is 0.267. The van der Waals surface area contributed by atoms with Crippen molar-refractivity contribution < 1.29 is 14.3 Å². The van der Waals surface area contributed by atoms with Crippen molar-refractivity contribution in [3.05, 3.63) is 40.9 Å². The van der Waals surface area contributed by atoms with Crippen LogP contribution in [0, 0.1) is 0 Å². The highest BCUT2D eigenvalue weighted by Crippen LogP contribution is 2.29. The highest BCUT2D eigenvalue weighted by molar-refractivity contribution is 7.16. The number of hydrogen-bond acceptors (Lipinski definition) is 5. The highest BCUT2D eigenvalue weighted by Gasteiger charge is 2.18. The number of hydrogen-bond donors (Lipinski definition) is 2. The van der Waals surface area contributed by atoms with Gasteiger partial charge in [-0.15, -0.1) is 11.3 Å². The third kappa shape index (κ3) is 4.05. The summed E-state index contributed by atoms with van der Waals surface area (Å²) in [5.74, 6) is -0.00320. The number of esters is 1. The van der Waals surface area contributed by atoms with Gasteiger partial charge in [-0.1, -0.05) is 13.0 Å². The Labute approximate surface area is 132 Å². The minimum Gasteiger partial charge on any atom is -0.462 e. The zero-order valence-corrected chi connectivity index (χ0v) is 13.2. The molecule has 0 fully saturated rings. The first-order valence-electron chi connectivity index (χ1n) is 6.92. The van der Waals surface area contributed by atoms with Gasteiger partial charge in [0.2, 0.25) is 0 Å². The number of amides is 2. The first-order valence-corrected chi connectivity index (χ1v) is 7.74. The summed E-state index contributed by atoms with van der Waals surface area (Å²) in [4.78, 5) is 28.9. The van der Waals surface area contributed by atoms with Crippen LogP contribution < -0.4 is 10.6 Å². The van der Waals surface area contributed by atoms with Gasteiger partial charge in [0.1, 0.15) is 10.8 Å². The number of nitrogens with zero attached hydrogens (tertiary/aromatic N) is 1. The molecule has 2 amide bonds. The van der Waals surface area contributed by atoms with Gasteiger partial charge in [0.15, 0.2) is 0 Å². The van der Waals surface area contributed by atoms with Crippen molar-refractivity contribution in [2.24, 2.45) is 0 Å². The van der Waals surface area contributed by atoms with E-state index in [0.717, 1.165) is 11.3 Å². The van der Waals surface area contributed by atoms with Crippen LogP contribution in [-0.4, -0.2) is 23.6 Å². The number of thiophene rings is 1. The summed E-state index contributed by atoms with van der Waals surface area (Å²) in [5.41, 5.74) is 0.375. The second-order valence-electron chi connectivity index (χ2n) is 4.32. The number of pyridine rings is 1. The van der Waals surface area contributed by atoms with Gasteiger partial charge in [-0.05, 0) is 31.5 Å². The van der Waals surface area contributed by atoms with Crippen LogP contribution in [0.1, 0.15) is 29.1 Å². The average molecular weight is 319 g/mol. The molecule has 2 N–H and O–H groups in total. The first-order chi connectivity index (χ1) is 10.6. The van der Waals surface area contributed by atoms with E-state index in [9.17, 15) is 9.59 Å². The molecule has 0 radical (unpaired) electrons. The maximum atomic E-state index is 12.0. The molecule has 0 aromatic carbocycles. The largest absolute Gasteiger partial charge is 0.462 e. The summed E-state index contributed by atoms with van der Waals surface area (Å²) in [6.07, 6.45) is 2.36. The van der Waals surface area contributed by atoms with Crippen molar-refractivity contribution in [1.29, 1.82) is 0 Å². The smallest absolute Gasteiger partial charge is 0.341 e. The fourth-order valence-electron chi connectivity index (χ4n) is 1.76. The van der Waals surface area contributed by atoms with E-state index in [1.54, 1.807) is 37.4 Å². The zero-order valence-electron chi connectivity index (χ0n) is 12.4. The average Bonchev–Trinajstić information content (AvgIpc) is 2.91. The van der Waals surface area contributed by atoms with Crippen LogP contribution in [0.3, 0.4) is 0 Å². The monoisotopic (exact) mass is 319 g/mol. The van der Waals surface area contributed by atoms with Gasteiger partial charge in [-0.25, -0.2) is 14.6 Å². The molecule has 0 aliphatic rings. The molecule has 2 heterocycles. The van der Waals surface area contributed by atoms with Gasteiger partial charge >= 0.3 is 12.0 Å². The van der Waals surface area contributed by atoms with Crippen LogP contribution in [-0.2, 0) is 11.2 Å². The Balaban J connectivity index is 2.12. The van der Waals surface area contributed by atoms with Gasteiger partial charge in [0.05, 0.1) is 12.2 Å². The Hall–Kier alpha value is -2.41. The van der Waals surface area contributed by atoms with E-state index >= 15 is 0 Å². The molecule has 0 unspecified atom stereocenters. The number of nitrogens with one attached hydrogen (secondary N) is 2. The standard InChI is InChI=1S/C15H17N3O3S/c1-3-10-9-11(14(19)21-4-2)13(22-10)18-15(20)17-12-7-5-6-8-16-12/h5-9H,3-4H2,1-2H3,(H2,16,17,18,20). The number of carbonyl (C=O) groups is 2. The van der Waals surface area contributed by atoms with Crippen LogP contribution in [0.4, 0.5) is 15.6 Å². The van der Waals surface area contributed by atoms with Crippen molar-refractivity contribution in [2.45, 2.75) is 20.3 Å². The number of rotatable bonds is 5. The predicted molar refractivity (Wildman–Crippen MR) is 86.5 cm³/mol. The minimum atomic E-state index is -0.450. The molecule has 0 saturated carbocycles. The Morgan fingerprint density at radius 3 is 2.73 bits per heavy atom. The summed E-state index contributed by atoms with van der Waals surface area (Å²) in [5, 5.41) is 5.77. The molecule has 2 rings (SSSR count). The molecule has 2 aromatic heterocycles. The quantitative estimate of drug-likeness (QED) is 0.826. The molecule has 0 spiro atoms. The lowest BCUT2D eigenvalue weighted by atomic mass is 10.2. The summed E-state index contributed by atoms with van der Waals surface area (Å²) < 4.78 is 5.01. The topological polar surface area (TPSA) is 80.3 Å². The molecule has 0 aliphatic heterocycles. The maximum Gasteiger partial charge on any atom is 0.341 e. The second kappa shape index (κ2) is 7.56. The van der Waals surface area contributed by atoms with Gasteiger partial charge in [0, 0.05) is 11.1 Å². The Morgan fingerprint density at radius 2 is 2.09 bits per heavy atom. The molecule has 0 bridgehead atoms. The lowest BCUT2D eigenvalue weighted by Crippen LogP contribution is -2.20. The summed E-state index contributed by atoms with van der Waals surface area (Å²) in [6, 6.07) is 6.51. The molecule has 0 saturated heterocycles. The van der Waals surface area contributed by atoms with E-state index in [1.807, 2.05) is 6.92 Å². The lowest BCUT2D eigenvalue weighted by molar-refractivity contribution is 0.0528. The van der Waals surface area contributed by atoms with Crippen LogP contribution >= 0.6 is 11.3 Å². The van der Waals surface area contributed by atoms with Gasteiger partial charge in [0.25, 0.3) is 0 Å². The number of urea groups is 1. The van der Waals surface area contributed by atoms with E-state index < -0.39 is 12.0 Å². The van der Waals surface area contributed by atoms with Crippen molar-refractivity contribution in [3.63, 3.8) is 0 Å². The van der Waals surface area contributed by atoms with E-state index in [2.05, 4.69) is 15.6 Å². The SMILES string of the molecule is CCOC(=O)c1cc(CC)sc1NC(=O)Nc1ccccn1. The molecule has 7 heteroatoms. The molecule has 0 atom stereocenters. The van der Waals surface area contributed by atoms with Gasteiger partial charge in [-0.2, -0.15) is 0 Å². The predicted octanol–water partition coefficient (Wildman–Crippen LogP) is 3.53. The van der Waals surface area contributed by atoms with Crippen LogP contribution in [0.2, 0.25) is 0 Å². The molecule has 0 aliphatic carbocycles. The van der Waals surface area contributed by atoms with Crippen LogP contribution in [0.15, 0.2) is 30.5 Å². The van der Waals surface area contributed by atoms with Crippen molar-refractivity contribution in [1.82, 2.24) is 4.98 Å². The number of aryl methyl sites for hydroxylation is 1. The summed E-state index contributed by atoms with van der Waals surface area (Å²) in [6.45, 7) is 4.01. The Morgan fingerprint density at radius 1 is 1.27 bits per heavy atom. The molecule has 6 nitrogen and oxygen atoms in total. The fourth-order valence-corrected chi connectivity index (χ4v) is 2.74. The van der Waals surface area contributed by atoms with Gasteiger partial charge in [-0.3, -0.25) is 10.6 Å². The van der Waals surface area contributed by atoms with E-state index in [4.69, 9.17) is 4.74 Å². The third-order valence-electron chi connectivity index (χ3n) is 2.76. The van der Waals surface area contributed by atoms with Crippen LogP contribution in [0.5, 0.6) is 0 Å². The molecular formula is C15H17N3O3S. The Bertz CT molecular complexity index is 655. The van der Waals surface area contributed by atoms with Crippen molar-refractivity contribution in [2.75, 3.05) is 17.2 Å². The Kier molecular flexibility index (Phi) is 5.48. The van der Waals surface area contributed by atoms with E-state index in [-0.39, 0.29) is 6.61 Å². The molecular weight excluding hydrogens is 302 g/mol. The van der Waals surface area contributed by atoms with Crippen molar-refractivity contribution >= 4 is 34.2 Å². The second-order valence-corrected chi connectivity index (χ2v) is 5.46. The zero-order chi connectivity index (χ0) is 15.9. The number of anilines is 2. The lowest BCUT2D eigenvalue weighted by Gasteiger charge is -2.07. The van der Waals surface area contributed by atoms with Crippen LogP contribution in [0.25, 0.3) is 0 Å². The number of aromatic nitrogens is 1. The van der Waals surface area contributed by atoms with Gasteiger partial charge < -0.3 is 4.74 Å². The molecule has 22 heavy (non-hydrogen) atoms. The van der Waals surface area contributed by atoms with E-state index in [1.165, 1.54) is 11.3 Å². The molecule has 116 valence electrons. The van der Waals surface area contributed by atoms with Crippen molar-refractivity contribution in [3.8, 4) is 0 Å². The first kappa shape index (κ1) is 16.0. The third-order valence-corrected chi connectivity index (χ3v) is 3.96. The minimum absolute atomic E-state index is 0.287. The highest BCUT2D eigenvalue weighted by atomic mass is 32.1. The summed E-state index contributed by atoms with van der Waals surface area (Å²) in [7, 11) is 0.